The fourth-order valence-corrected chi connectivity index (χ4v) is 3.42. The number of nitrogens with one attached hydrogen (secondary N) is 1. The molecule has 1 aromatic carbocycles. The van der Waals surface area contributed by atoms with Gasteiger partial charge in [0.15, 0.2) is 12.3 Å². The number of methoxy groups -OCH3 is 1. The molecule has 0 aliphatic carbocycles. The molecule has 28 heavy (non-hydrogen) atoms. The molecule has 9 nitrogen and oxygen atoms in total. The zero-order valence-electron chi connectivity index (χ0n) is 15.6. The van der Waals surface area contributed by atoms with Gasteiger partial charge in [0, 0.05) is 32.7 Å². The van der Waals surface area contributed by atoms with Gasteiger partial charge in [-0.2, -0.15) is 0 Å². The summed E-state index contributed by atoms with van der Waals surface area (Å²) in [6.07, 6.45) is 1.34. The molecule has 148 valence electrons. The Hall–Kier alpha value is -3.07. The van der Waals surface area contributed by atoms with Gasteiger partial charge in [-0.15, -0.1) is 0 Å². The van der Waals surface area contributed by atoms with Crippen LogP contribution in [0.15, 0.2) is 34.9 Å². The summed E-state index contributed by atoms with van der Waals surface area (Å²) >= 11 is 0. The maximum atomic E-state index is 12.7. The number of hydrogen-bond donors (Lipinski definition) is 1. The molecular formula is C19H22N4O5. The molecule has 2 aliphatic rings. The molecule has 2 fully saturated rings. The molecule has 1 aromatic heterocycles. The van der Waals surface area contributed by atoms with Gasteiger partial charge in [-0.05, 0) is 24.3 Å². The van der Waals surface area contributed by atoms with Crippen LogP contribution in [0, 0.1) is 0 Å². The number of rotatable bonds is 5. The van der Waals surface area contributed by atoms with Crippen molar-refractivity contribution in [1.29, 1.82) is 0 Å². The van der Waals surface area contributed by atoms with Gasteiger partial charge >= 0.3 is 0 Å². The van der Waals surface area contributed by atoms with Crippen molar-refractivity contribution < 1.29 is 23.5 Å². The fourth-order valence-electron chi connectivity index (χ4n) is 3.42. The second kappa shape index (κ2) is 7.89. The van der Waals surface area contributed by atoms with E-state index >= 15 is 0 Å². The summed E-state index contributed by atoms with van der Waals surface area (Å²) in [6.45, 7) is 3.18. The first-order valence-corrected chi connectivity index (χ1v) is 9.16. The van der Waals surface area contributed by atoms with E-state index in [1.54, 1.807) is 36.3 Å². The highest BCUT2D eigenvalue weighted by Crippen LogP contribution is 2.19. The quantitative estimate of drug-likeness (QED) is 0.800. The normalized spacial score (nSPS) is 19.7. The molecule has 0 spiro atoms. The number of oxazole rings is 1. The largest absolute Gasteiger partial charge is 0.497 e. The molecule has 2 aromatic rings. The van der Waals surface area contributed by atoms with Crippen LogP contribution in [0.2, 0.25) is 0 Å². The van der Waals surface area contributed by atoms with Crippen LogP contribution in [0.5, 0.6) is 11.5 Å². The number of carbonyl (C=O) groups excluding carboxylic acids is 2. The van der Waals surface area contributed by atoms with Crippen molar-refractivity contribution in [3.05, 3.63) is 42.1 Å². The lowest BCUT2D eigenvalue weighted by atomic mass is 10.1. The van der Waals surface area contributed by atoms with E-state index < -0.39 is 0 Å². The molecule has 2 aliphatic heterocycles. The second-order valence-electron chi connectivity index (χ2n) is 6.68. The standard InChI is InChI=1S/C19H22N4O5/c1-26-13-2-4-14(5-3-13)27-12-17-21-15(11-28-17)19(25)23-9-8-22-7-6-20-18(24)16(22)10-23/h2-5,11,16H,6-10,12H2,1H3,(H,20,24). The van der Waals surface area contributed by atoms with Crippen LogP contribution in [0.4, 0.5) is 0 Å². The number of carbonyl (C=O) groups is 2. The minimum Gasteiger partial charge on any atom is -0.497 e. The lowest BCUT2D eigenvalue weighted by molar-refractivity contribution is -0.131. The number of hydrogen-bond acceptors (Lipinski definition) is 7. The van der Waals surface area contributed by atoms with E-state index in [2.05, 4.69) is 15.2 Å². The molecule has 0 bridgehead atoms. The summed E-state index contributed by atoms with van der Waals surface area (Å²) in [7, 11) is 1.60. The maximum absolute atomic E-state index is 12.7. The summed E-state index contributed by atoms with van der Waals surface area (Å²) < 4.78 is 16.1. The van der Waals surface area contributed by atoms with Crippen LogP contribution in [0.1, 0.15) is 16.4 Å². The zero-order valence-corrected chi connectivity index (χ0v) is 15.6. The Morgan fingerprint density at radius 3 is 2.82 bits per heavy atom. The summed E-state index contributed by atoms with van der Waals surface area (Å²) in [5.41, 5.74) is 0.220. The van der Waals surface area contributed by atoms with Gasteiger partial charge in [0.25, 0.3) is 5.91 Å². The van der Waals surface area contributed by atoms with E-state index in [1.165, 1.54) is 6.26 Å². The average Bonchev–Trinajstić information content (AvgIpc) is 3.21. The third-order valence-electron chi connectivity index (χ3n) is 4.97. The van der Waals surface area contributed by atoms with E-state index in [0.29, 0.717) is 37.8 Å². The third-order valence-corrected chi connectivity index (χ3v) is 4.97. The van der Waals surface area contributed by atoms with Crippen LogP contribution in [0.25, 0.3) is 0 Å². The number of amides is 2. The fraction of sp³-hybridized carbons (Fsp3) is 0.421. The van der Waals surface area contributed by atoms with Crippen molar-refractivity contribution in [3.8, 4) is 11.5 Å². The molecule has 2 amide bonds. The van der Waals surface area contributed by atoms with Gasteiger partial charge < -0.3 is 24.1 Å². The minimum atomic E-state index is -0.295. The first kappa shape index (κ1) is 18.3. The Labute approximate surface area is 162 Å². The van der Waals surface area contributed by atoms with Gasteiger partial charge in [0.1, 0.15) is 23.8 Å². The molecule has 2 saturated heterocycles. The minimum absolute atomic E-state index is 0.0301. The van der Waals surface area contributed by atoms with Crippen molar-refractivity contribution in [2.24, 2.45) is 0 Å². The molecule has 0 radical (unpaired) electrons. The van der Waals surface area contributed by atoms with Gasteiger partial charge in [0.2, 0.25) is 11.8 Å². The highest BCUT2D eigenvalue weighted by molar-refractivity contribution is 5.93. The monoisotopic (exact) mass is 386 g/mol. The average molecular weight is 386 g/mol. The van der Waals surface area contributed by atoms with Crippen LogP contribution < -0.4 is 14.8 Å². The maximum Gasteiger partial charge on any atom is 0.275 e. The number of nitrogens with zero attached hydrogens (tertiary/aromatic N) is 3. The van der Waals surface area contributed by atoms with Crippen LogP contribution in [-0.2, 0) is 11.4 Å². The van der Waals surface area contributed by atoms with E-state index in [9.17, 15) is 9.59 Å². The zero-order chi connectivity index (χ0) is 19.5. The van der Waals surface area contributed by atoms with Gasteiger partial charge in [0.05, 0.1) is 7.11 Å². The highest BCUT2D eigenvalue weighted by Gasteiger charge is 2.37. The van der Waals surface area contributed by atoms with Crippen LogP contribution in [0.3, 0.4) is 0 Å². The molecule has 0 saturated carbocycles. The van der Waals surface area contributed by atoms with Crippen molar-refractivity contribution in [2.75, 3.05) is 39.8 Å². The summed E-state index contributed by atoms with van der Waals surface area (Å²) in [5.74, 6) is 1.43. The van der Waals surface area contributed by atoms with Gasteiger partial charge in [-0.25, -0.2) is 4.98 Å². The van der Waals surface area contributed by atoms with E-state index in [1.807, 2.05) is 0 Å². The van der Waals surface area contributed by atoms with Crippen molar-refractivity contribution in [1.82, 2.24) is 20.1 Å². The number of ether oxygens (including phenoxy) is 2. The van der Waals surface area contributed by atoms with Gasteiger partial charge in [-0.3, -0.25) is 14.5 Å². The topological polar surface area (TPSA) is 97.1 Å². The summed E-state index contributed by atoms with van der Waals surface area (Å²) in [5, 5.41) is 2.85. The molecule has 1 unspecified atom stereocenters. The summed E-state index contributed by atoms with van der Waals surface area (Å²) in [4.78, 5) is 32.8. The van der Waals surface area contributed by atoms with Crippen molar-refractivity contribution in [2.45, 2.75) is 12.6 Å². The SMILES string of the molecule is COc1ccc(OCc2nc(C(=O)N3CCN4CCNC(=O)C4C3)co2)cc1. The Bertz CT molecular complexity index is 850. The Balaban J connectivity index is 1.35. The van der Waals surface area contributed by atoms with Crippen molar-refractivity contribution >= 4 is 11.8 Å². The predicted molar refractivity (Wildman–Crippen MR) is 98.1 cm³/mol. The molecule has 1 atom stereocenters. The lowest BCUT2D eigenvalue weighted by Gasteiger charge is -2.42. The Kier molecular flexibility index (Phi) is 5.16. The number of piperazine rings is 2. The van der Waals surface area contributed by atoms with Crippen molar-refractivity contribution in [3.63, 3.8) is 0 Å². The number of aromatic nitrogens is 1. The third kappa shape index (κ3) is 3.79. The Morgan fingerprint density at radius 1 is 1.25 bits per heavy atom. The van der Waals surface area contributed by atoms with Gasteiger partial charge in [-0.1, -0.05) is 0 Å². The highest BCUT2D eigenvalue weighted by atomic mass is 16.5. The smallest absolute Gasteiger partial charge is 0.275 e. The first-order valence-electron chi connectivity index (χ1n) is 9.16. The number of benzene rings is 1. The second-order valence-corrected chi connectivity index (χ2v) is 6.68. The summed E-state index contributed by atoms with van der Waals surface area (Å²) in [6, 6.07) is 6.85. The molecule has 9 heteroatoms. The van der Waals surface area contributed by atoms with Crippen LogP contribution in [-0.4, -0.2) is 72.5 Å². The lowest BCUT2D eigenvalue weighted by Crippen LogP contribution is -2.64. The van der Waals surface area contributed by atoms with E-state index in [0.717, 1.165) is 12.3 Å². The molecule has 3 heterocycles. The molecular weight excluding hydrogens is 364 g/mol. The van der Waals surface area contributed by atoms with Crippen LogP contribution >= 0.6 is 0 Å². The van der Waals surface area contributed by atoms with E-state index in [-0.39, 0.29) is 30.2 Å². The first-order chi connectivity index (χ1) is 13.6. The predicted octanol–water partition coefficient (Wildman–Crippen LogP) is 0.518. The molecule has 1 N–H and O–H groups in total. The number of fused-ring (bicyclic) bond motifs is 1. The molecule has 4 rings (SSSR count). The Morgan fingerprint density at radius 2 is 2.04 bits per heavy atom. The van der Waals surface area contributed by atoms with E-state index in [4.69, 9.17) is 13.9 Å².